The van der Waals surface area contributed by atoms with E-state index in [-0.39, 0.29) is 23.9 Å². The molecule has 0 radical (unpaired) electrons. The van der Waals surface area contributed by atoms with Crippen molar-refractivity contribution in [2.24, 2.45) is 5.18 Å². The number of halogens is 1. The zero-order chi connectivity index (χ0) is 29.4. The summed E-state index contributed by atoms with van der Waals surface area (Å²) in [7, 11) is 0. The number of nitroso groups, excluding NO2 is 1. The van der Waals surface area contributed by atoms with E-state index >= 15 is 0 Å². The van der Waals surface area contributed by atoms with Crippen LogP contribution in [0.5, 0.6) is 0 Å². The van der Waals surface area contributed by atoms with Crippen molar-refractivity contribution in [3.05, 3.63) is 85.6 Å². The van der Waals surface area contributed by atoms with Crippen molar-refractivity contribution in [1.29, 1.82) is 0 Å². The zero-order valence-electron chi connectivity index (χ0n) is 23.9. The van der Waals surface area contributed by atoms with E-state index in [9.17, 15) is 14.5 Å². The highest BCUT2D eigenvalue weighted by atomic mass is 35.5. The predicted molar refractivity (Wildman–Crippen MR) is 168 cm³/mol. The highest BCUT2D eigenvalue weighted by Crippen LogP contribution is 2.38. The van der Waals surface area contributed by atoms with Crippen LogP contribution in [0, 0.1) is 4.91 Å². The molecule has 8 nitrogen and oxygen atoms in total. The Bertz CT molecular complexity index is 1350. The number of hydrogen-bond donors (Lipinski definition) is 3. The van der Waals surface area contributed by atoms with Gasteiger partial charge in [-0.3, -0.25) is 15.0 Å². The number of urea groups is 1. The van der Waals surface area contributed by atoms with Gasteiger partial charge in [0, 0.05) is 53.8 Å². The van der Waals surface area contributed by atoms with E-state index in [1.54, 1.807) is 24.3 Å². The lowest BCUT2D eigenvalue weighted by Crippen LogP contribution is -2.33. The molecule has 0 bridgehead atoms. The van der Waals surface area contributed by atoms with E-state index in [1.807, 2.05) is 0 Å². The molecule has 3 amide bonds. The van der Waals surface area contributed by atoms with Crippen molar-refractivity contribution in [2.45, 2.75) is 65.0 Å². The lowest BCUT2D eigenvalue weighted by Gasteiger charge is -2.27. The van der Waals surface area contributed by atoms with Crippen LogP contribution in [0.2, 0.25) is 5.02 Å². The molecule has 3 aromatic rings. The van der Waals surface area contributed by atoms with Crippen LogP contribution in [0.3, 0.4) is 0 Å². The fourth-order valence-electron chi connectivity index (χ4n) is 4.89. The smallest absolute Gasteiger partial charge is 0.324 e. The maximum absolute atomic E-state index is 12.6. The van der Waals surface area contributed by atoms with E-state index in [1.165, 1.54) is 22.5 Å². The SMILES string of the molecule is CC(C)(C)c1ccc(CCC(=O)NCCCN2CCc3c(sc(NC(=O)Nc4ccc(Cl)cc4)c3CN=O)C2)cc1. The molecule has 0 aliphatic carbocycles. The fourth-order valence-corrected chi connectivity index (χ4v) is 6.31. The van der Waals surface area contributed by atoms with E-state index in [4.69, 9.17) is 11.6 Å². The molecule has 2 heterocycles. The Kier molecular flexibility index (Phi) is 10.5. The van der Waals surface area contributed by atoms with Gasteiger partial charge in [-0.2, -0.15) is 4.91 Å². The number of thiophene rings is 1. The number of aryl methyl sites for hydroxylation is 1. The fraction of sp³-hybridized carbons (Fsp3) is 0.419. The number of fused-ring (bicyclic) bond motifs is 1. The molecule has 3 N–H and O–H groups in total. The van der Waals surface area contributed by atoms with Crippen molar-refractivity contribution < 1.29 is 9.59 Å². The zero-order valence-corrected chi connectivity index (χ0v) is 25.5. The van der Waals surface area contributed by atoms with Crippen molar-refractivity contribution in [3.8, 4) is 0 Å². The van der Waals surface area contributed by atoms with Crippen LogP contribution in [0.25, 0.3) is 0 Å². The molecule has 4 rings (SSSR count). The molecule has 218 valence electrons. The minimum Gasteiger partial charge on any atom is -0.356 e. The van der Waals surface area contributed by atoms with Crippen LogP contribution in [0.15, 0.2) is 53.7 Å². The molecular weight excluding hydrogens is 558 g/mol. The topological polar surface area (TPSA) is 103 Å². The second kappa shape index (κ2) is 14.1. The maximum atomic E-state index is 12.6. The summed E-state index contributed by atoms with van der Waals surface area (Å²) in [4.78, 5) is 39.6. The Morgan fingerprint density at radius 3 is 2.46 bits per heavy atom. The monoisotopic (exact) mass is 595 g/mol. The van der Waals surface area contributed by atoms with Gasteiger partial charge in [0.05, 0.1) is 0 Å². The molecule has 0 saturated carbocycles. The maximum Gasteiger partial charge on any atom is 0.324 e. The molecule has 0 saturated heterocycles. The predicted octanol–water partition coefficient (Wildman–Crippen LogP) is 7.11. The summed E-state index contributed by atoms with van der Waals surface area (Å²) in [6.45, 7) is 9.69. The Morgan fingerprint density at radius 1 is 1.05 bits per heavy atom. The normalized spacial score (nSPS) is 13.4. The number of anilines is 2. The molecule has 1 aliphatic heterocycles. The van der Waals surface area contributed by atoms with E-state index < -0.39 is 0 Å². The van der Waals surface area contributed by atoms with Gasteiger partial charge in [0.2, 0.25) is 5.91 Å². The first-order valence-corrected chi connectivity index (χ1v) is 15.2. The van der Waals surface area contributed by atoms with Gasteiger partial charge in [-0.25, -0.2) is 4.79 Å². The van der Waals surface area contributed by atoms with E-state index in [0.717, 1.165) is 54.9 Å². The van der Waals surface area contributed by atoms with Gasteiger partial charge < -0.3 is 10.6 Å². The van der Waals surface area contributed by atoms with Crippen LogP contribution in [-0.4, -0.2) is 36.5 Å². The van der Waals surface area contributed by atoms with Crippen molar-refractivity contribution in [2.75, 3.05) is 30.3 Å². The average molecular weight is 596 g/mol. The summed E-state index contributed by atoms with van der Waals surface area (Å²) in [6.07, 6.45) is 2.85. The largest absolute Gasteiger partial charge is 0.356 e. The minimum absolute atomic E-state index is 0.0230. The summed E-state index contributed by atoms with van der Waals surface area (Å²) in [5.74, 6) is 0.0719. The van der Waals surface area contributed by atoms with Crippen LogP contribution in [0.4, 0.5) is 15.5 Å². The third-order valence-corrected chi connectivity index (χ3v) is 8.66. The number of benzene rings is 2. The first kappa shape index (κ1) is 30.7. The van der Waals surface area contributed by atoms with E-state index in [0.29, 0.717) is 28.7 Å². The van der Waals surface area contributed by atoms with Crippen LogP contribution in [0.1, 0.15) is 60.7 Å². The summed E-state index contributed by atoms with van der Waals surface area (Å²) in [5, 5.41) is 13.1. The highest BCUT2D eigenvalue weighted by molar-refractivity contribution is 7.16. The van der Waals surface area contributed by atoms with Crippen LogP contribution in [-0.2, 0) is 36.1 Å². The van der Waals surface area contributed by atoms with Gasteiger partial charge in [0.25, 0.3) is 0 Å². The molecule has 0 spiro atoms. The number of nitrogens with one attached hydrogen (secondary N) is 3. The Morgan fingerprint density at radius 2 is 1.78 bits per heavy atom. The third-order valence-electron chi connectivity index (χ3n) is 7.23. The van der Waals surface area contributed by atoms with E-state index in [2.05, 4.69) is 71.1 Å². The molecule has 0 atom stereocenters. The molecule has 41 heavy (non-hydrogen) atoms. The molecular formula is C31H38ClN5O3S. The number of carbonyl (C=O) groups is 2. The third kappa shape index (κ3) is 8.86. The van der Waals surface area contributed by atoms with Gasteiger partial charge in [-0.15, -0.1) is 11.3 Å². The Labute approximate surface area is 250 Å². The summed E-state index contributed by atoms with van der Waals surface area (Å²) in [5.41, 5.74) is 5.12. The lowest BCUT2D eigenvalue weighted by molar-refractivity contribution is -0.121. The standard InChI is InChI=1S/C31H38ClN5O3S/c1-31(2,3)22-8-5-21(6-9-22)7-14-28(38)33-16-4-17-37-18-15-25-26(19-34-40)29(41-27(25)20-37)36-30(39)35-24-12-10-23(32)11-13-24/h5-6,8-13H,4,7,14-20H2,1-3H3,(H,33,38)(H2,35,36,39). The molecule has 10 heteroatoms. The van der Waals surface area contributed by atoms with Gasteiger partial charge in [0.15, 0.2) is 0 Å². The molecule has 2 aromatic carbocycles. The van der Waals surface area contributed by atoms with Gasteiger partial charge in [0.1, 0.15) is 11.5 Å². The Hall–Kier alpha value is -3.27. The van der Waals surface area contributed by atoms with Crippen molar-refractivity contribution >= 4 is 45.6 Å². The second-order valence-electron chi connectivity index (χ2n) is 11.4. The number of rotatable bonds is 11. The number of nitrogens with zero attached hydrogens (tertiary/aromatic N) is 2. The number of hydrogen-bond acceptors (Lipinski definition) is 6. The molecule has 0 fully saturated rings. The quantitative estimate of drug-likeness (QED) is 0.162. The second-order valence-corrected chi connectivity index (χ2v) is 12.9. The van der Waals surface area contributed by atoms with Crippen molar-refractivity contribution in [3.63, 3.8) is 0 Å². The summed E-state index contributed by atoms with van der Waals surface area (Å²) in [6, 6.07) is 15.0. The number of carbonyl (C=O) groups excluding carboxylic acids is 2. The first-order valence-electron chi connectivity index (χ1n) is 14.0. The minimum atomic E-state index is -0.382. The van der Waals surface area contributed by atoms with Gasteiger partial charge in [-0.1, -0.05) is 61.8 Å². The van der Waals surface area contributed by atoms with Crippen LogP contribution >= 0.6 is 22.9 Å². The van der Waals surface area contributed by atoms with Crippen LogP contribution < -0.4 is 16.0 Å². The molecule has 1 aliphatic rings. The first-order chi connectivity index (χ1) is 19.6. The summed E-state index contributed by atoms with van der Waals surface area (Å²) < 4.78 is 0. The lowest BCUT2D eigenvalue weighted by atomic mass is 9.86. The molecule has 1 aromatic heterocycles. The van der Waals surface area contributed by atoms with Crippen molar-refractivity contribution in [1.82, 2.24) is 10.2 Å². The van der Waals surface area contributed by atoms with Gasteiger partial charge in [-0.05, 0) is 65.6 Å². The average Bonchev–Trinajstić information content (AvgIpc) is 3.27. The summed E-state index contributed by atoms with van der Waals surface area (Å²) >= 11 is 7.41. The molecule has 0 unspecified atom stereocenters. The Balaban J connectivity index is 1.22. The highest BCUT2D eigenvalue weighted by Gasteiger charge is 2.25. The number of amides is 3. The van der Waals surface area contributed by atoms with Gasteiger partial charge >= 0.3 is 6.03 Å².